The van der Waals surface area contributed by atoms with Gasteiger partial charge in [-0.05, 0) is 89.9 Å². The van der Waals surface area contributed by atoms with Gasteiger partial charge in [0.25, 0.3) is 0 Å². The van der Waals surface area contributed by atoms with Gasteiger partial charge in [-0.25, -0.2) is 0 Å². The highest BCUT2D eigenvalue weighted by molar-refractivity contribution is 5.76. The Labute approximate surface area is 385 Å². The number of unbranched alkanes of at least 4 members (excludes halogenated alkanes) is 33. The predicted molar refractivity (Wildman–Crippen MR) is 269 cm³/mol. The lowest BCUT2D eigenvalue weighted by atomic mass is 10.0. The van der Waals surface area contributed by atoms with Crippen LogP contribution in [0.3, 0.4) is 0 Å². The molecule has 0 aliphatic rings. The van der Waals surface area contributed by atoms with Crippen molar-refractivity contribution in [2.24, 2.45) is 0 Å². The molecule has 0 rings (SSSR count). The molecule has 0 saturated heterocycles. The largest absolute Gasteiger partial charge is 0.466 e. The molecule has 0 aromatic carbocycles. The normalized spacial score (nSPS) is 13.0. The van der Waals surface area contributed by atoms with Crippen LogP contribution in [0, 0.1) is 0 Å². The molecule has 3 N–H and O–H groups in total. The summed E-state index contributed by atoms with van der Waals surface area (Å²) in [7, 11) is 0. The molecule has 0 radical (unpaired) electrons. The molecule has 0 aromatic rings. The van der Waals surface area contributed by atoms with Gasteiger partial charge in [-0.2, -0.15) is 0 Å². The summed E-state index contributed by atoms with van der Waals surface area (Å²) in [6.07, 6.45) is 64.0. The minimum Gasteiger partial charge on any atom is -0.466 e. The number of carbonyl (C=O) groups is 2. The third-order valence-electron chi connectivity index (χ3n) is 12.1. The van der Waals surface area contributed by atoms with Gasteiger partial charge >= 0.3 is 5.97 Å². The fraction of sp³-hybridized carbons (Fsp3) is 0.821. The smallest absolute Gasteiger partial charge is 0.305 e. The zero-order chi connectivity index (χ0) is 45.1. The number of carbonyl (C=O) groups excluding carboxylic acids is 2. The molecular formula is C56H103NO5. The molecule has 6 nitrogen and oxygen atoms in total. The minimum atomic E-state index is -0.860. The van der Waals surface area contributed by atoms with Crippen molar-refractivity contribution >= 4 is 11.9 Å². The fourth-order valence-electron chi connectivity index (χ4n) is 7.91. The number of ether oxygens (including phenoxy) is 1. The standard InChI is InChI=1S/C56H103NO5/c1-3-5-7-9-11-13-15-17-18-19-20-22-25-28-32-36-40-44-48-54(59)53(52-58)57-55(60)49-45-41-37-33-29-26-23-21-24-27-31-35-39-43-47-51-62-56(61)50-46-42-38-34-30-16-14-12-10-8-6-4-2/h12,14,21,24,27,31,44,48,53-54,58-59H,3-11,13,15-20,22-23,25-26,28-30,32-43,45-47,49-52H2,1-2H3,(H,57,60)/b14-12-,24-21-,31-27-,48-44+. The zero-order valence-electron chi connectivity index (χ0n) is 41.1. The Morgan fingerprint density at radius 3 is 1.27 bits per heavy atom. The first-order valence-corrected chi connectivity index (χ1v) is 26.9. The lowest BCUT2D eigenvalue weighted by molar-refractivity contribution is -0.143. The highest BCUT2D eigenvalue weighted by atomic mass is 16.5. The maximum absolute atomic E-state index is 12.4. The first kappa shape index (κ1) is 59.8. The first-order valence-electron chi connectivity index (χ1n) is 26.9. The van der Waals surface area contributed by atoms with Crippen LogP contribution in [0.25, 0.3) is 0 Å². The topological polar surface area (TPSA) is 95.9 Å². The SMILES string of the molecule is CCCCC/C=C\CCCCCCCC(=O)OCCCCC/C=C\C=C/CCCCCCCCC(=O)NC(CO)C(O)/C=C/CCCCCCCCCCCCCCCCCC. The van der Waals surface area contributed by atoms with E-state index in [1.165, 1.54) is 167 Å². The molecule has 62 heavy (non-hydrogen) atoms. The molecule has 0 saturated carbocycles. The average Bonchev–Trinajstić information content (AvgIpc) is 3.27. The summed E-state index contributed by atoms with van der Waals surface area (Å²) < 4.78 is 5.42. The molecule has 0 fully saturated rings. The van der Waals surface area contributed by atoms with E-state index in [2.05, 4.69) is 55.6 Å². The lowest BCUT2D eigenvalue weighted by Crippen LogP contribution is -2.45. The van der Waals surface area contributed by atoms with Crippen LogP contribution in [0.1, 0.15) is 271 Å². The molecule has 2 atom stereocenters. The highest BCUT2D eigenvalue weighted by Crippen LogP contribution is 2.15. The van der Waals surface area contributed by atoms with Crippen LogP contribution in [0.4, 0.5) is 0 Å². The van der Waals surface area contributed by atoms with Gasteiger partial charge in [0, 0.05) is 12.8 Å². The Balaban J connectivity index is 3.58. The molecule has 362 valence electrons. The molecule has 0 bridgehead atoms. The Morgan fingerprint density at radius 1 is 0.452 bits per heavy atom. The zero-order valence-corrected chi connectivity index (χ0v) is 41.1. The third-order valence-corrected chi connectivity index (χ3v) is 12.1. The average molecular weight is 870 g/mol. The summed E-state index contributed by atoms with van der Waals surface area (Å²) in [5.74, 6) is -0.124. The molecule has 0 aliphatic heterocycles. The maximum atomic E-state index is 12.4. The first-order chi connectivity index (χ1) is 30.5. The van der Waals surface area contributed by atoms with E-state index < -0.39 is 12.1 Å². The van der Waals surface area contributed by atoms with Gasteiger partial charge in [0.05, 0.1) is 25.4 Å². The van der Waals surface area contributed by atoms with Gasteiger partial charge in [-0.1, -0.05) is 217 Å². The number of esters is 1. The number of hydrogen-bond donors (Lipinski definition) is 3. The molecule has 2 unspecified atom stereocenters. The number of allylic oxidation sites excluding steroid dienone is 7. The molecule has 0 heterocycles. The van der Waals surface area contributed by atoms with Gasteiger partial charge in [0.2, 0.25) is 5.91 Å². The predicted octanol–water partition coefficient (Wildman–Crippen LogP) is 16.2. The van der Waals surface area contributed by atoms with Crippen molar-refractivity contribution in [1.29, 1.82) is 0 Å². The van der Waals surface area contributed by atoms with Gasteiger partial charge in [0.15, 0.2) is 0 Å². The Kier molecular flexibility index (Phi) is 49.6. The van der Waals surface area contributed by atoms with E-state index in [1.54, 1.807) is 6.08 Å². The molecule has 0 spiro atoms. The third kappa shape index (κ3) is 47.3. The second-order valence-electron chi connectivity index (χ2n) is 18.2. The van der Waals surface area contributed by atoms with Crippen molar-refractivity contribution in [1.82, 2.24) is 5.32 Å². The van der Waals surface area contributed by atoms with E-state index >= 15 is 0 Å². The summed E-state index contributed by atoms with van der Waals surface area (Å²) in [5, 5.41) is 23.1. The van der Waals surface area contributed by atoms with E-state index in [-0.39, 0.29) is 18.5 Å². The van der Waals surface area contributed by atoms with Crippen molar-refractivity contribution in [2.45, 2.75) is 283 Å². The number of hydrogen-bond acceptors (Lipinski definition) is 5. The number of aliphatic hydroxyl groups is 2. The van der Waals surface area contributed by atoms with Crippen molar-refractivity contribution in [2.75, 3.05) is 13.2 Å². The molecule has 1 amide bonds. The van der Waals surface area contributed by atoms with Crippen molar-refractivity contribution in [3.63, 3.8) is 0 Å². The number of rotatable bonds is 49. The fourth-order valence-corrected chi connectivity index (χ4v) is 7.91. The molecule has 0 aliphatic carbocycles. The van der Waals surface area contributed by atoms with E-state index in [0.29, 0.717) is 19.4 Å². The van der Waals surface area contributed by atoms with Crippen molar-refractivity contribution < 1.29 is 24.5 Å². The second-order valence-corrected chi connectivity index (χ2v) is 18.2. The second kappa shape index (κ2) is 51.5. The van der Waals surface area contributed by atoms with Gasteiger partial charge in [-0.3, -0.25) is 9.59 Å². The maximum Gasteiger partial charge on any atom is 0.305 e. The Bertz CT molecular complexity index is 1050. The van der Waals surface area contributed by atoms with Crippen LogP contribution in [-0.2, 0) is 14.3 Å². The van der Waals surface area contributed by atoms with Crippen molar-refractivity contribution in [3.8, 4) is 0 Å². The quantitative estimate of drug-likeness (QED) is 0.0245. The van der Waals surface area contributed by atoms with E-state index in [4.69, 9.17) is 4.74 Å². The van der Waals surface area contributed by atoms with Crippen LogP contribution in [0.2, 0.25) is 0 Å². The molecule has 6 heteroatoms. The van der Waals surface area contributed by atoms with Gasteiger partial charge in [0.1, 0.15) is 0 Å². The Morgan fingerprint density at radius 2 is 0.806 bits per heavy atom. The summed E-state index contributed by atoms with van der Waals surface area (Å²) in [6, 6.07) is -0.645. The van der Waals surface area contributed by atoms with E-state index in [1.807, 2.05) is 6.08 Å². The molecule has 0 aromatic heterocycles. The summed E-state index contributed by atoms with van der Waals surface area (Å²) >= 11 is 0. The van der Waals surface area contributed by atoms with Gasteiger partial charge < -0.3 is 20.3 Å². The number of amides is 1. The summed E-state index contributed by atoms with van der Waals surface area (Å²) in [5.41, 5.74) is 0. The van der Waals surface area contributed by atoms with E-state index in [0.717, 1.165) is 77.0 Å². The summed E-state index contributed by atoms with van der Waals surface area (Å²) in [4.78, 5) is 24.4. The van der Waals surface area contributed by atoms with E-state index in [9.17, 15) is 19.8 Å². The van der Waals surface area contributed by atoms with Crippen LogP contribution in [0.15, 0.2) is 48.6 Å². The highest BCUT2D eigenvalue weighted by Gasteiger charge is 2.18. The van der Waals surface area contributed by atoms with Crippen LogP contribution >= 0.6 is 0 Å². The number of nitrogens with one attached hydrogen (secondary N) is 1. The van der Waals surface area contributed by atoms with Gasteiger partial charge in [-0.15, -0.1) is 0 Å². The monoisotopic (exact) mass is 870 g/mol. The van der Waals surface area contributed by atoms with Crippen LogP contribution in [0.5, 0.6) is 0 Å². The Hall–Kier alpha value is -2.18. The summed E-state index contributed by atoms with van der Waals surface area (Å²) in [6.45, 7) is 4.82. The van der Waals surface area contributed by atoms with Crippen LogP contribution < -0.4 is 5.32 Å². The molecular weight excluding hydrogens is 767 g/mol. The minimum absolute atomic E-state index is 0.0336. The number of aliphatic hydroxyl groups excluding tert-OH is 2. The lowest BCUT2D eigenvalue weighted by Gasteiger charge is -2.20. The van der Waals surface area contributed by atoms with Crippen molar-refractivity contribution in [3.05, 3.63) is 48.6 Å². The van der Waals surface area contributed by atoms with Crippen LogP contribution in [-0.4, -0.2) is 47.4 Å².